The van der Waals surface area contributed by atoms with Gasteiger partial charge in [-0.25, -0.2) is 4.52 Å². The Kier molecular flexibility index (Phi) is 4.02. The molecule has 6 nitrogen and oxygen atoms in total. The van der Waals surface area contributed by atoms with Crippen molar-refractivity contribution in [2.75, 3.05) is 19.7 Å². The first-order chi connectivity index (χ1) is 11.7. The molecule has 2 N–H and O–H groups in total. The van der Waals surface area contributed by atoms with Crippen LogP contribution in [0, 0.1) is 6.92 Å². The van der Waals surface area contributed by atoms with E-state index in [0.29, 0.717) is 5.56 Å². The molecule has 0 aromatic carbocycles. The van der Waals surface area contributed by atoms with Crippen LogP contribution in [0.5, 0.6) is 0 Å². The Bertz CT molecular complexity index is 740. The molecule has 2 saturated heterocycles. The van der Waals surface area contributed by atoms with Crippen LogP contribution in [-0.4, -0.2) is 46.9 Å². The summed E-state index contributed by atoms with van der Waals surface area (Å²) in [6.07, 6.45) is 7.46. The molecule has 2 aromatic heterocycles. The van der Waals surface area contributed by atoms with Crippen LogP contribution in [0.4, 0.5) is 0 Å². The fourth-order valence-electron chi connectivity index (χ4n) is 3.97. The van der Waals surface area contributed by atoms with E-state index in [1.54, 1.807) is 10.7 Å². The minimum Gasteiger partial charge on any atom is -0.373 e. The van der Waals surface area contributed by atoms with Crippen LogP contribution in [-0.2, 0) is 4.74 Å². The molecular weight excluding hydrogens is 304 g/mol. The summed E-state index contributed by atoms with van der Waals surface area (Å²) in [7, 11) is 0. The van der Waals surface area contributed by atoms with Crippen molar-refractivity contribution >= 4 is 11.4 Å². The maximum absolute atomic E-state index is 12.9. The zero-order chi connectivity index (χ0) is 16.6. The quantitative estimate of drug-likeness (QED) is 0.880. The summed E-state index contributed by atoms with van der Waals surface area (Å²) in [5.41, 5.74) is 2.38. The standard InChI is InChI=1S/C18H24N4O2/c1-13-4-5-15-14(11-20-22(15)12-13)17(23)21-16-3-2-10-24-18(16)6-8-19-9-7-18/h4-5,11-12,16,19H,2-3,6-10H2,1H3,(H,21,23). The van der Waals surface area contributed by atoms with Gasteiger partial charge in [-0.1, -0.05) is 6.07 Å². The molecule has 1 unspecified atom stereocenters. The number of rotatable bonds is 2. The summed E-state index contributed by atoms with van der Waals surface area (Å²) in [5.74, 6) is -0.0535. The number of piperidine rings is 1. The summed E-state index contributed by atoms with van der Waals surface area (Å²) >= 11 is 0. The highest BCUT2D eigenvalue weighted by molar-refractivity contribution is 6.00. The van der Waals surface area contributed by atoms with Crippen molar-refractivity contribution < 1.29 is 9.53 Å². The lowest BCUT2D eigenvalue weighted by molar-refractivity contribution is -0.114. The summed E-state index contributed by atoms with van der Waals surface area (Å²) in [6, 6.07) is 4.03. The third-order valence-electron chi connectivity index (χ3n) is 5.33. The molecule has 128 valence electrons. The van der Waals surface area contributed by atoms with E-state index in [4.69, 9.17) is 4.74 Å². The fourth-order valence-corrected chi connectivity index (χ4v) is 3.97. The maximum Gasteiger partial charge on any atom is 0.255 e. The predicted octanol–water partition coefficient (Wildman–Crippen LogP) is 1.67. The number of nitrogens with zero attached hydrogens (tertiary/aromatic N) is 2. The number of nitrogens with one attached hydrogen (secondary N) is 2. The van der Waals surface area contributed by atoms with Gasteiger partial charge in [0.25, 0.3) is 5.91 Å². The summed E-state index contributed by atoms with van der Waals surface area (Å²) < 4.78 is 7.93. The predicted molar refractivity (Wildman–Crippen MR) is 91.2 cm³/mol. The number of aromatic nitrogens is 2. The molecule has 1 spiro atoms. The van der Waals surface area contributed by atoms with E-state index in [2.05, 4.69) is 15.7 Å². The molecule has 6 heteroatoms. The number of carbonyl (C=O) groups is 1. The number of amides is 1. The lowest BCUT2D eigenvalue weighted by Crippen LogP contribution is -2.60. The van der Waals surface area contributed by atoms with Gasteiger partial charge in [0.05, 0.1) is 28.9 Å². The van der Waals surface area contributed by atoms with E-state index in [1.165, 1.54) is 0 Å². The number of pyridine rings is 1. The summed E-state index contributed by atoms with van der Waals surface area (Å²) in [4.78, 5) is 12.9. The Morgan fingerprint density at radius 1 is 1.42 bits per heavy atom. The number of hydrogen-bond donors (Lipinski definition) is 2. The average molecular weight is 328 g/mol. The molecule has 0 radical (unpaired) electrons. The molecule has 0 aliphatic carbocycles. The van der Waals surface area contributed by atoms with E-state index in [-0.39, 0.29) is 17.6 Å². The second kappa shape index (κ2) is 6.18. The molecule has 2 aliphatic rings. The van der Waals surface area contributed by atoms with Gasteiger partial charge >= 0.3 is 0 Å². The van der Waals surface area contributed by atoms with Crippen molar-refractivity contribution in [3.8, 4) is 0 Å². The van der Waals surface area contributed by atoms with Crippen LogP contribution in [0.15, 0.2) is 24.5 Å². The van der Waals surface area contributed by atoms with E-state index in [0.717, 1.165) is 56.5 Å². The van der Waals surface area contributed by atoms with Gasteiger partial charge in [-0.15, -0.1) is 0 Å². The first-order valence-electron chi connectivity index (χ1n) is 8.77. The lowest BCUT2D eigenvalue weighted by Gasteiger charge is -2.46. The topological polar surface area (TPSA) is 67.7 Å². The summed E-state index contributed by atoms with van der Waals surface area (Å²) in [6.45, 7) is 4.70. The Labute approximate surface area is 141 Å². The fraction of sp³-hybridized carbons (Fsp3) is 0.556. The van der Waals surface area contributed by atoms with E-state index < -0.39 is 0 Å². The van der Waals surface area contributed by atoms with Crippen LogP contribution < -0.4 is 10.6 Å². The normalized spacial score (nSPS) is 23.5. The Morgan fingerprint density at radius 3 is 3.08 bits per heavy atom. The summed E-state index contributed by atoms with van der Waals surface area (Å²) in [5, 5.41) is 10.9. The Morgan fingerprint density at radius 2 is 2.25 bits per heavy atom. The average Bonchev–Trinajstić information content (AvgIpc) is 3.01. The largest absolute Gasteiger partial charge is 0.373 e. The number of fused-ring (bicyclic) bond motifs is 1. The first kappa shape index (κ1) is 15.6. The lowest BCUT2D eigenvalue weighted by atomic mass is 9.80. The van der Waals surface area contributed by atoms with Gasteiger partial charge in [0, 0.05) is 12.8 Å². The van der Waals surface area contributed by atoms with Crippen molar-refractivity contribution in [1.29, 1.82) is 0 Å². The minimum absolute atomic E-state index is 0.0535. The molecule has 2 aromatic rings. The molecule has 0 bridgehead atoms. The zero-order valence-corrected chi connectivity index (χ0v) is 14.0. The minimum atomic E-state index is -0.210. The second-order valence-electron chi connectivity index (χ2n) is 6.93. The van der Waals surface area contributed by atoms with Crippen LogP contribution in [0.2, 0.25) is 0 Å². The van der Waals surface area contributed by atoms with Gasteiger partial charge in [0.1, 0.15) is 0 Å². The van der Waals surface area contributed by atoms with Crippen LogP contribution in [0.3, 0.4) is 0 Å². The number of ether oxygens (including phenoxy) is 1. The monoisotopic (exact) mass is 328 g/mol. The van der Waals surface area contributed by atoms with E-state index in [9.17, 15) is 4.79 Å². The third-order valence-corrected chi connectivity index (χ3v) is 5.33. The number of hydrogen-bond acceptors (Lipinski definition) is 4. The van der Waals surface area contributed by atoms with Crippen LogP contribution in [0.25, 0.3) is 5.52 Å². The van der Waals surface area contributed by atoms with Gasteiger partial charge in [-0.2, -0.15) is 5.10 Å². The highest BCUT2D eigenvalue weighted by Gasteiger charge is 2.43. The van der Waals surface area contributed by atoms with Crippen LogP contribution >= 0.6 is 0 Å². The van der Waals surface area contributed by atoms with Crippen molar-refractivity contribution in [3.05, 3.63) is 35.7 Å². The molecule has 24 heavy (non-hydrogen) atoms. The number of aryl methyl sites for hydroxylation is 1. The maximum atomic E-state index is 12.9. The van der Waals surface area contributed by atoms with Gasteiger partial charge in [-0.3, -0.25) is 4.79 Å². The highest BCUT2D eigenvalue weighted by atomic mass is 16.5. The zero-order valence-electron chi connectivity index (χ0n) is 14.0. The van der Waals surface area contributed by atoms with Gasteiger partial charge in [0.15, 0.2) is 0 Å². The smallest absolute Gasteiger partial charge is 0.255 e. The molecule has 1 atom stereocenters. The molecular formula is C18H24N4O2. The van der Waals surface area contributed by atoms with Crippen molar-refractivity contribution in [3.63, 3.8) is 0 Å². The SMILES string of the molecule is Cc1ccc2c(C(=O)NC3CCCOC34CCNCC4)cnn2c1. The van der Waals surface area contributed by atoms with Gasteiger partial charge < -0.3 is 15.4 Å². The van der Waals surface area contributed by atoms with Crippen LogP contribution in [0.1, 0.15) is 41.6 Å². The first-order valence-corrected chi connectivity index (χ1v) is 8.77. The van der Waals surface area contributed by atoms with E-state index in [1.807, 2.05) is 25.3 Å². The third kappa shape index (κ3) is 2.70. The number of carbonyl (C=O) groups excluding carboxylic acids is 1. The van der Waals surface area contributed by atoms with E-state index >= 15 is 0 Å². The second-order valence-corrected chi connectivity index (χ2v) is 6.93. The van der Waals surface area contributed by atoms with Crippen molar-refractivity contribution in [2.45, 2.75) is 44.2 Å². The van der Waals surface area contributed by atoms with Crippen molar-refractivity contribution in [2.24, 2.45) is 0 Å². The molecule has 1 amide bonds. The molecule has 2 aliphatic heterocycles. The molecule has 0 saturated carbocycles. The van der Waals surface area contributed by atoms with Gasteiger partial charge in [-0.05, 0) is 57.3 Å². The molecule has 4 rings (SSSR count). The van der Waals surface area contributed by atoms with Gasteiger partial charge in [0.2, 0.25) is 0 Å². The Hall–Kier alpha value is -1.92. The van der Waals surface area contributed by atoms with Crippen molar-refractivity contribution in [1.82, 2.24) is 20.2 Å². The Balaban J connectivity index is 1.57. The molecule has 2 fully saturated rings. The highest BCUT2D eigenvalue weighted by Crippen LogP contribution is 2.33. The molecule has 4 heterocycles.